The van der Waals surface area contributed by atoms with Gasteiger partial charge in [0.05, 0.1) is 0 Å². The predicted octanol–water partition coefficient (Wildman–Crippen LogP) is 11.7. The van der Waals surface area contributed by atoms with Gasteiger partial charge in [-0.05, 0) is 60.7 Å². The Bertz CT molecular complexity index is 3210. The summed E-state index contributed by atoms with van der Waals surface area (Å²) in [7, 11) is 0. The standard InChI is InChI=1S/C52H38N14/c1-6-17-38(18-7-1)62-43-27-16-28-53-44(29-43)63(39-19-8-2-9-20-39)47-31-48(57-35-56-47)65(41-23-12-4-13-24-41)51-33-52(61-37-60-51)66(42-25-14-5-15-26-42)50-32-49(58-36-59-50)64(40-21-10-3-11-22-40)46-30-45(62)54-34-55-46/h1-26,28-37H,27H2. The molecule has 9 aromatic rings. The normalized spacial score (nSPS) is 13.7. The minimum atomic E-state index is 0.531. The first-order valence-electron chi connectivity index (χ1n) is 21.2. The molecule has 0 saturated carbocycles. The minimum absolute atomic E-state index is 0.531. The summed E-state index contributed by atoms with van der Waals surface area (Å²) in [5.41, 5.74) is 5.12. The van der Waals surface area contributed by atoms with Gasteiger partial charge in [0.1, 0.15) is 77.7 Å². The smallest absolute Gasteiger partial charge is 0.144 e. The predicted molar refractivity (Wildman–Crippen MR) is 259 cm³/mol. The molecule has 2 aliphatic rings. The van der Waals surface area contributed by atoms with Crippen molar-refractivity contribution in [3.8, 4) is 0 Å². The maximum atomic E-state index is 5.07. The number of aliphatic imine (C=N–C) groups is 1. The average Bonchev–Trinajstić information content (AvgIpc) is 3.62. The van der Waals surface area contributed by atoms with Crippen molar-refractivity contribution in [2.75, 3.05) is 24.5 Å². The second-order valence-corrected chi connectivity index (χ2v) is 15.0. The number of hydrogen-bond acceptors (Lipinski definition) is 14. The van der Waals surface area contributed by atoms with E-state index in [1.165, 1.54) is 0 Å². The molecule has 0 spiro atoms. The summed E-state index contributed by atoms with van der Waals surface area (Å²) in [6.07, 6.45) is 12.8. The van der Waals surface area contributed by atoms with Crippen LogP contribution in [0.5, 0.6) is 0 Å². The number of aromatic nitrogens is 8. The maximum Gasteiger partial charge on any atom is 0.144 e. The van der Waals surface area contributed by atoms with Gasteiger partial charge >= 0.3 is 0 Å². The summed E-state index contributed by atoms with van der Waals surface area (Å²) in [6.45, 7) is 0. The lowest BCUT2D eigenvalue weighted by atomic mass is 10.2. The topological polar surface area (TPSA) is 132 Å². The molecule has 4 aromatic heterocycles. The Hall–Kier alpha value is -9.43. The second-order valence-electron chi connectivity index (χ2n) is 15.0. The quantitative estimate of drug-likeness (QED) is 0.163. The van der Waals surface area contributed by atoms with Gasteiger partial charge in [-0.3, -0.25) is 24.5 Å². The molecule has 14 nitrogen and oxygen atoms in total. The fourth-order valence-electron chi connectivity index (χ4n) is 8.01. The highest BCUT2D eigenvalue weighted by Gasteiger charge is 2.27. The van der Waals surface area contributed by atoms with Crippen molar-refractivity contribution >= 4 is 80.8 Å². The number of benzene rings is 5. The number of anilines is 13. The van der Waals surface area contributed by atoms with Crippen LogP contribution in [0.4, 0.5) is 75.0 Å². The number of hydrogen-bond donors (Lipinski definition) is 0. The number of para-hydroxylation sites is 5. The van der Waals surface area contributed by atoms with Crippen LogP contribution in [0.3, 0.4) is 0 Å². The van der Waals surface area contributed by atoms with Gasteiger partial charge in [-0.1, -0.05) is 97.1 Å². The van der Waals surface area contributed by atoms with E-state index in [1.807, 2.05) is 196 Å². The maximum absolute atomic E-state index is 5.07. The van der Waals surface area contributed by atoms with Gasteiger partial charge in [0.15, 0.2) is 0 Å². The number of fused-ring (bicyclic) bond motifs is 9. The summed E-state index contributed by atoms with van der Waals surface area (Å²) < 4.78 is 0. The van der Waals surface area contributed by atoms with Crippen molar-refractivity contribution in [3.05, 3.63) is 225 Å². The Kier molecular flexibility index (Phi) is 10.6. The van der Waals surface area contributed by atoms with Gasteiger partial charge in [0.2, 0.25) is 0 Å². The molecule has 0 amide bonds. The molecular formula is C52H38N14. The molecule has 10 bridgehead atoms. The Morgan fingerprint density at radius 1 is 0.303 bits per heavy atom. The van der Waals surface area contributed by atoms with E-state index in [-0.39, 0.29) is 0 Å². The molecule has 0 saturated heterocycles. The zero-order valence-corrected chi connectivity index (χ0v) is 35.3. The van der Waals surface area contributed by atoms with Crippen LogP contribution in [-0.4, -0.2) is 45.7 Å². The lowest BCUT2D eigenvalue weighted by molar-refractivity contribution is 1.00. The van der Waals surface area contributed by atoms with Crippen LogP contribution in [0.1, 0.15) is 6.42 Å². The van der Waals surface area contributed by atoms with E-state index in [0.29, 0.717) is 58.8 Å². The fourth-order valence-corrected chi connectivity index (χ4v) is 8.01. The Balaban J connectivity index is 1.21. The molecule has 316 valence electrons. The molecule has 0 fully saturated rings. The van der Waals surface area contributed by atoms with E-state index in [9.17, 15) is 0 Å². The van der Waals surface area contributed by atoms with Gasteiger partial charge in [0, 0.05) is 77.1 Å². The number of allylic oxidation sites excluding steroid dienone is 1. The minimum Gasteiger partial charge on any atom is -0.298 e. The lowest BCUT2D eigenvalue weighted by Crippen LogP contribution is -2.28. The second kappa shape index (κ2) is 17.7. The van der Waals surface area contributed by atoms with Crippen molar-refractivity contribution in [1.82, 2.24) is 39.9 Å². The molecule has 0 radical (unpaired) electrons. The first kappa shape index (κ1) is 39.4. The van der Waals surface area contributed by atoms with Crippen LogP contribution < -0.4 is 24.5 Å². The average molecular weight is 859 g/mol. The molecule has 11 rings (SSSR count). The van der Waals surface area contributed by atoms with Crippen molar-refractivity contribution in [3.63, 3.8) is 0 Å². The van der Waals surface area contributed by atoms with Gasteiger partial charge < -0.3 is 0 Å². The third kappa shape index (κ3) is 7.81. The third-order valence-corrected chi connectivity index (χ3v) is 10.9. The third-order valence-electron chi connectivity index (χ3n) is 10.9. The fraction of sp³-hybridized carbons (Fsp3) is 0.0192. The molecule has 0 aliphatic carbocycles. The van der Waals surface area contributed by atoms with Crippen LogP contribution in [0, 0.1) is 0 Å². The molecule has 0 unspecified atom stereocenters. The highest BCUT2D eigenvalue weighted by molar-refractivity contribution is 6.11. The van der Waals surface area contributed by atoms with Gasteiger partial charge in [0.25, 0.3) is 0 Å². The molecule has 0 N–H and O–H groups in total. The molecular weight excluding hydrogens is 821 g/mol. The van der Waals surface area contributed by atoms with E-state index in [2.05, 4.69) is 23.1 Å². The molecule has 5 aromatic carbocycles. The highest BCUT2D eigenvalue weighted by Crippen LogP contribution is 2.42. The summed E-state index contributed by atoms with van der Waals surface area (Å²) in [4.78, 5) is 54.4. The first-order valence-corrected chi connectivity index (χ1v) is 21.2. The number of nitrogens with zero attached hydrogens (tertiary/aromatic N) is 14. The summed E-state index contributed by atoms with van der Waals surface area (Å²) in [6, 6.07) is 58.0. The Labute approximate surface area is 380 Å². The Morgan fingerprint density at radius 2 is 0.576 bits per heavy atom. The van der Waals surface area contributed by atoms with Crippen LogP contribution in [-0.2, 0) is 0 Å². The zero-order chi connectivity index (χ0) is 44.1. The van der Waals surface area contributed by atoms with Gasteiger partial charge in [-0.2, -0.15) is 0 Å². The van der Waals surface area contributed by atoms with E-state index in [4.69, 9.17) is 44.9 Å². The molecule has 14 heteroatoms. The van der Waals surface area contributed by atoms with Gasteiger partial charge in [-0.25, -0.2) is 44.9 Å². The molecule has 66 heavy (non-hydrogen) atoms. The van der Waals surface area contributed by atoms with Crippen LogP contribution in [0.25, 0.3) is 0 Å². The summed E-state index contributed by atoms with van der Waals surface area (Å²) in [5.74, 6) is 5.21. The van der Waals surface area contributed by atoms with E-state index in [1.54, 1.807) is 25.3 Å². The van der Waals surface area contributed by atoms with Gasteiger partial charge in [-0.15, -0.1) is 0 Å². The summed E-state index contributed by atoms with van der Waals surface area (Å²) in [5, 5.41) is 0. The van der Waals surface area contributed by atoms with Crippen molar-refractivity contribution < 1.29 is 0 Å². The van der Waals surface area contributed by atoms with Crippen LogP contribution >= 0.6 is 0 Å². The summed E-state index contributed by atoms with van der Waals surface area (Å²) >= 11 is 0. The van der Waals surface area contributed by atoms with Crippen molar-refractivity contribution in [1.29, 1.82) is 0 Å². The Morgan fingerprint density at radius 3 is 0.909 bits per heavy atom. The zero-order valence-electron chi connectivity index (χ0n) is 35.3. The highest BCUT2D eigenvalue weighted by atomic mass is 15.3. The van der Waals surface area contributed by atoms with E-state index >= 15 is 0 Å². The largest absolute Gasteiger partial charge is 0.298 e. The van der Waals surface area contributed by atoms with Crippen molar-refractivity contribution in [2.24, 2.45) is 4.99 Å². The SMILES string of the molecule is C1=CN=C2C=C(C1)N(c1ccccc1)c1cc(ncn1)N(c1ccccc1)c1cc(ncn1)N(c1ccccc1)c1cc(ncn1)N(c1ccccc1)c1cc(ncn1)N2c1ccccc1. The van der Waals surface area contributed by atoms with E-state index < -0.39 is 0 Å². The number of rotatable bonds is 5. The van der Waals surface area contributed by atoms with E-state index in [0.717, 1.165) is 34.1 Å². The lowest BCUT2D eigenvalue weighted by Gasteiger charge is -2.30. The van der Waals surface area contributed by atoms with Crippen LogP contribution in [0.2, 0.25) is 0 Å². The molecule has 2 aliphatic heterocycles. The molecule has 0 atom stereocenters. The first-order chi connectivity index (χ1) is 32.7. The monoisotopic (exact) mass is 858 g/mol. The molecule has 6 heterocycles. The number of amidine groups is 1. The van der Waals surface area contributed by atoms with Crippen molar-refractivity contribution in [2.45, 2.75) is 6.42 Å². The van der Waals surface area contributed by atoms with Crippen LogP contribution in [0.15, 0.2) is 230 Å².